The van der Waals surface area contributed by atoms with E-state index in [2.05, 4.69) is 81.5 Å². The summed E-state index contributed by atoms with van der Waals surface area (Å²) < 4.78 is 17.4. The van der Waals surface area contributed by atoms with Crippen molar-refractivity contribution >= 4 is 11.9 Å². The third-order valence-electron chi connectivity index (χ3n) is 13.1. The van der Waals surface area contributed by atoms with E-state index in [1.54, 1.807) is 0 Å². The van der Waals surface area contributed by atoms with Crippen LogP contribution < -0.4 is 0 Å². The molecule has 5 nitrogen and oxygen atoms in total. The van der Waals surface area contributed by atoms with E-state index in [-0.39, 0.29) is 25.2 Å². The van der Waals surface area contributed by atoms with Crippen molar-refractivity contribution in [3.8, 4) is 0 Å². The first-order chi connectivity index (χ1) is 33.6. The van der Waals surface area contributed by atoms with Crippen LogP contribution in [-0.2, 0) is 23.8 Å². The van der Waals surface area contributed by atoms with Crippen molar-refractivity contribution in [2.75, 3.05) is 19.8 Å². The largest absolute Gasteiger partial charge is 0.462 e. The number of allylic oxidation sites excluding steroid dienone is 9. The lowest BCUT2D eigenvalue weighted by atomic mass is 10.0. The molecular weight excluding hydrogens is 837 g/mol. The molecule has 0 aliphatic heterocycles. The molecule has 0 aromatic carbocycles. The molecule has 0 aliphatic carbocycles. The predicted octanol–water partition coefficient (Wildman–Crippen LogP) is 20.5. The number of hydrogen-bond donors (Lipinski definition) is 0. The number of esters is 2. The first-order valence-corrected chi connectivity index (χ1v) is 29.8. The van der Waals surface area contributed by atoms with Gasteiger partial charge in [-0.1, -0.05) is 300 Å². The van der Waals surface area contributed by atoms with Crippen LogP contribution in [0.25, 0.3) is 0 Å². The van der Waals surface area contributed by atoms with Gasteiger partial charge in [-0.05, 0) is 51.4 Å². The molecule has 0 rings (SSSR count). The highest BCUT2D eigenvalue weighted by molar-refractivity contribution is 5.70. The van der Waals surface area contributed by atoms with Gasteiger partial charge in [0.25, 0.3) is 0 Å². The molecule has 5 heteroatoms. The molecule has 0 saturated carbocycles. The summed E-state index contributed by atoms with van der Waals surface area (Å²) in [5.74, 6) is -0.419. The Morgan fingerprint density at radius 2 is 0.632 bits per heavy atom. The van der Waals surface area contributed by atoms with Gasteiger partial charge in [-0.15, -0.1) is 0 Å². The van der Waals surface area contributed by atoms with Crippen LogP contribution in [0.5, 0.6) is 0 Å². The zero-order valence-electron chi connectivity index (χ0n) is 45.6. The Hall–Kier alpha value is -2.40. The third-order valence-corrected chi connectivity index (χ3v) is 13.1. The molecule has 0 heterocycles. The maximum Gasteiger partial charge on any atom is 0.306 e. The molecule has 0 aromatic rings. The Morgan fingerprint density at radius 1 is 0.338 bits per heavy atom. The number of ether oxygens (including phenoxy) is 3. The summed E-state index contributed by atoms with van der Waals surface area (Å²) in [7, 11) is 0. The minimum Gasteiger partial charge on any atom is -0.462 e. The number of unbranched alkanes of at least 4 members (excludes halogenated alkanes) is 34. The molecule has 1 atom stereocenters. The third kappa shape index (κ3) is 56.2. The van der Waals surface area contributed by atoms with Crippen molar-refractivity contribution in [2.24, 2.45) is 0 Å². The Bertz CT molecular complexity index is 1170. The lowest BCUT2D eigenvalue weighted by Crippen LogP contribution is -2.30. The van der Waals surface area contributed by atoms with E-state index in [4.69, 9.17) is 14.2 Å². The van der Waals surface area contributed by atoms with Crippen LogP contribution in [0.3, 0.4) is 0 Å². The summed E-state index contributed by atoms with van der Waals surface area (Å²) in [5, 5.41) is 0. The van der Waals surface area contributed by atoms with Gasteiger partial charge in [0.05, 0.1) is 13.2 Å². The van der Waals surface area contributed by atoms with Crippen LogP contribution in [0.15, 0.2) is 60.8 Å². The highest BCUT2D eigenvalue weighted by atomic mass is 16.6. The van der Waals surface area contributed by atoms with Crippen molar-refractivity contribution in [1.82, 2.24) is 0 Å². The molecule has 0 aliphatic rings. The Labute approximate surface area is 424 Å². The monoisotopic (exact) mass is 951 g/mol. The molecule has 0 saturated heterocycles. The maximum absolute atomic E-state index is 12.9. The van der Waals surface area contributed by atoms with E-state index in [0.29, 0.717) is 19.4 Å². The van der Waals surface area contributed by atoms with Gasteiger partial charge in [-0.2, -0.15) is 0 Å². The molecular formula is C63H114O5. The summed E-state index contributed by atoms with van der Waals surface area (Å²) in [4.78, 5) is 25.5. The maximum atomic E-state index is 12.9. The van der Waals surface area contributed by atoms with E-state index in [1.807, 2.05) is 0 Å². The van der Waals surface area contributed by atoms with E-state index in [9.17, 15) is 9.59 Å². The van der Waals surface area contributed by atoms with Gasteiger partial charge in [-0.3, -0.25) is 9.59 Å². The molecule has 396 valence electrons. The number of carbonyl (C=O) groups excluding carboxylic acids is 2. The van der Waals surface area contributed by atoms with Crippen LogP contribution in [0, 0.1) is 0 Å². The zero-order chi connectivity index (χ0) is 49.2. The number of hydrogen-bond acceptors (Lipinski definition) is 5. The minimum absolute atomic E-state index is 0.0599. The van der Waals surface area contributed by atoms with Crippen LogP contribution in [0.2, 0.25) is 0 Å². The second-order valence-electron chi connectivity index (χ2n) is 19.9. The fourth-order valence-corrected chi connectivity index (χ4v) is 8.70. The average molecular weight is 952 g/mol. The Morgan fingerprint density at radius 3 is 0.971 bits per heavy atom. The standard InChI is InChI=1S/C63H114O5/c1-4-7-10-13-16-19-22-25-28-31-32-34-35-38-41-44-47-50-53-56-62(64)67-60-61(59-66-58-55-52-49-46-43-40-37-30-27-24-21-18-15-12-9-6-3)68-63(65)57-54-51-48-45-42-39-36-33-29-26-23-20-17-14-11-8-5-2/h9,12,18,21,27,30,40,43,49,52,61H,4-8,10-11,13-17,19-20,22-26,28-29,31-39,41-42,44-48,50-51,53-60H2,1-3H3/b12-9-,21-18-,30-27-,43-40-,52-49-. The summed E-state index contributed by atoms with van der Waals surface area (Å²) in [6, 6.07) is 0. The predicted molar refractivity (Wildman–Crippen MR) is 298 cm³/mol. The van der Waals surface area contributed by atoms with Gasteiger partial charge >= 0.3 is 11.9 Å². The second-order valence-corrected chi connectivity index (χ2v) is 19.9. The molecule has 0 amide bonds. The quantitative estimate of drug-likeness (QED) is 0.0345. The average Bonchev–Trinajstić information content (AvgIpc) is 3.34. The highest BCUT2D eigenvalue weighted by Gasteiger charge is 2.17. The Kier molecular flexibility index (Phi) is 56.8. The van der Waals surface area contributed by atoms with Crippen LogP contribution >= 0.6 is 0 Å². The van der Waals surface area contributed by atoms with E-state index < -0.39 is 6.10 Å². The summed E-state index contributed by atoms with van der Waals surface area (Å²) >= 11 is 0. The second kappa shape index (κ2) is 58.9. The fourth-order valence-electron chi connectivity index (χ4n) is 8.70. The highest BCUT2D eigenvalue weighted by Crippen LogP contribution is 2.17. The summed E-state index contributed by atoms with van der Waals surface area (Å²) in [6.45, 7) is 7.57. The Balaban J connectivity index is 4.30. The van der Waals surface area contributed by atoms with Gasteiger partial charge < -0.3 is 14.2 Å². The molecule has 0 N–H and O–H groups in total. The molecule has 0 aromatic heterocycles. The lowest BCUT2D eigenvalue weighted by Gasteiger charge is -2.18. The lowest BCUT2D eigenvalue weighted by molar-refractivity contribution is -0.162. The van der Waals surface area contributed by atoms with Gasteiger partial charge in [-0.25, -0.2) is 0 Å². The number of rotatable bonds is 55. The van der Waals surface area contributed by atoms with Gasteiger partial charge in [0.2, 0.25) is 0 Å². The molecule has 0 bridgehead atoms. The van der Waals surface area contributed by atoms with Crippen molar-refractivity contribution in [3.05, 3.63) is 60.8 Å². The van der Waals surface area contributed by atoms with Crippen molar-refractivity contribution in [3.63, 3.8) is 0 Å². The first kappa shape index (κ1) is 65.6. The smallest absolute Gasteiger partial charge is 0.306 e. The van der Waals surface area contributed by atoms with Gasteiger partial charge in [0.15, 0.2) is 6.10 Å². The SMILES string of the molecule is CC/C=C\C/C=C\C/C=C\C/C=C\C/C=C\CCOCC(COC(=O)CCCCCCCCCCCCCCCCCCCCC)OC(=O)CCCCCCCCCCCCCCCCCCC. The molecule has 1 unspecified atom stereocenters. The topological polar surface area (TPSA) is 61.8 Å². The molecule has 68 heavy (non-hydrogen) atoms. The van der Waals surface area contributed by atoms with Gasteiger partial charge in [0.1, 0.15) is 6.61 Å². The van der Waals surface area contributed by atoms with Crippen LogP contribution in [0.1, 0.15) is 303 Å². The molecule has 0 spiro atoms. The zero-order valence-corrected chi connectivity index (χ0v) is 45.6. The van der Waals surface area contributed by atoms with Crippen LogP contribution in [0.4, 0.5) is 0 Å². The first-order valence-electron chi connectivity index (χ1n) is 29.8. The normalized spacial score (nSPS) is 12.6. The van der Waals surface area contributed by atoms with E-state index >= 15 is 0 Å². The minimum atomic E-state index is -0.573. The van der Waals surface area contributed by atoms with Crippen molar-refractivity contribution in [2.45, 2.75) is 309 Å². The van der Waals surface area contributed by atoms with E-state index in [0.717, 1.165) is 64.2 Å². The van der Waals surface area contributed by atoms with Crippen molar-refractivity contribution in [1.29, 1.82) is 0 Å². The van der Waals surface area contributed by atoms with Crippen LogP contribution in [-0.4, -0.2) is 37.9 Å². The van der Waals surface area contributed by atoms with E-state index in [1.165, 1.54) is 205 Å². The van der Waals surface area contributed by atoms with Gasteiger partial charge in [0, 0.05) is 12.8 Å². The molecule has 0 radical (unpaired) electrons. The fraction of sp³-hybridized carbons (Fsp3) is 0.810. The molecule has 0 fully saturated rings. The summed E-state index contributed by atoms with van der Waals surface area (Å²) in [6.07, 6.45) is 75.6. The number of carbonyl (C=O) groups is 2. The summed E-state index contributed by atoms with van der Waals surface area (Å²) in [5.41, 5.74) is 0. The van der Waals surface area contributed by atoms with Crippen molar-refractivity contribution < 1.29 is 23.8 Å².